The maximum atomic E-state index is 12.2. The van der Waals surface area contributed by atoms with Crippen molar-refractivity contribution < 1.29 is 53.7 Å². The molecule has 2 aromatic carbocycles. The summed E-state index contributed by atoms with van der Waals surface area (Å²) in [5.74, 6) is 1.24. The predicted octanol–water partition coefficient (Wildman–Crippen LogP) is 11.1. The fraction of sp³-hybridized carbons (Fsp3) is 0.622. The molecule has 0 aromatic heterocycles. The van der Waals surface area contributed by atoms with Crippen LogP contribution in [0.4, 0.5) is 22.8 Å². The molecule has 12 nitrogen and oxygen atoms in total. The summed E-state index contributed by atoms with van der Waals surface area (Å²) in [6, 6.07) is 19.3. The maximum Gasteiger partial charge on any atom is 0.522 e. The Morgan fingerprint density at radius 3 is 1.40 bits per heavy atom. The number of halogens is 3. The molecule has 0 aliphatic carbocycles. The van der Waals surface area contributed by atoms with Crippen molar-refractivity contribution in [3.05, 3.63) is 83.6 Å². The van der Waals surface area contributed by atoms with Crippen molar-refractivity contribution >= 4 is 44.7 Å². The number of piperidine rings is 1. The molecule has 0 bridgehead atoms. The lowest BCUT2D eigenvalue weighted by Crippen LogP contribution is -2.45. The Bertz CT molecular complexity index is 1820. The number of ether oxygens (including phenoxy) is 2. The lowest BCUT2D eigenvalue weighted by Gasteiger charge is -2.38. The minimum atomic E-state index is -5.48. The summed E-state index contributed by atoms with van der Waals surface area (Å²) in [5, 5.41) is -0.412. The van der Waals surface area contributed by atoms with E-state index in [0.717, 1.165) is 23.3 Å². The summed E-state index contributed by atoms with van der Waals surface area (Å²) in [6.07, 6.45) is 3.07. The SMILES string of the molecule is CC(C)(C)[Si](C)(C)OC1=CCN(C(=O)OCc2ccccc2)CC1.CC(C)(C)[Si](C)(C)OS(=O)(=O)C(F)(F)F.CCN(CC)CC.O=C1CCN(C(=O)OCc2ccccc2)CC1. The van der Waals surface area contributed by atoms with E-state index < -0.39 is 37.3 Å². The number of hydrogen-bond acceptors (Lipinski definition) is 10. The highest BCUT2D eigenvalue weighted by Gasteiger charge is 2.53. The first-order valence-electron chi connectivity index (χ1n) is 21.5. The van der Waals surface area contributed by atoms with Crippen molar-refractivity contribution in [3.63, 3.8) is 0 Å². The largest absolute Gasteiger partial charge is 0.547 e. The van der Waals surface area contributed by atoms with Crippen molar-refractivity contribution in [2.45, 2.75) is 137 Å². The van der Waals surface area contributed by atoms with Gasteiger partial charge in [-0.2, -0.15) is 21.6 Å². The second-order valence-electron chi connectivity index (χ2n) is 18.2. The van der Waals surface area contributed by atoms with Crippen molar-refractivity contribution in [1.82, 2.24) is 14.7 Å². The number of likely N-dealkylation sites (tertiary alicyclic amines) is 1. The van der Waals surface area contributed by atoms with E-state index in [0.29, 0.717) is 45.6 Å². The zero-order valence-corrected chi connectivity index (χ0v) is 42.7. The van der Waals surface area contributed by atoms with Crippen molar-refractivity contribution in [2.75, 3.05) is 45.8 Å². The van der Waals surface area contributed by atoms with Gasteiger partial charge in [-0.25, -0.2) is 9.59 Å². The molecule has 0 saturated carbocycles. The van der Waals surface area contributed by atoms with Gasteiger partial charge in [0.25, 0.3) is 0 Å². The first-order chi connectivity index (χ1) is 29.0. The molecule has 1 fully saturated rings. The van der Waals surface area contributed by atoms with E-state index in [2.05, 4.69) is 63.4 Å². The number of carbonyl (C=O) groups excluding carboxylic acids is 3. The first kappa shape index (κ1) is 57.3. The fourth-order valence-corrected chi connectivity index (χ4v) is 9.79. The van der Waals surface area contributed by atoms with Gasteiger partial charge in [-0.15, -0.1) is 0 Å². The Labute approximate surface area is 377 Å². The molecular formula is C45H74F3N3O9SSi2. The van der Waals surface area contributed by atoms with Crippen molar-refractivity contribution in [2.24, 2.45) is 0 Å². The zero-order chi connectivity index (χ0) is 48.3. The van der Waals surface area contributed by atoms with Crippen LogP contribution in [0.25, 0.3) is 0 Å². The molecule has 2 aromatic rings. The summed E-state index contributed by atoms with van der Waals surface area (Å²) in [6.45, 7) is 31.9. The van der Waals surface area contributed by atoms with E-state index in [-0.39, 0.29) is 29.6 Å². The van der Waals surface area contributed by atoms with Gasteiger partial charge in [0.1, 0.15) is 19.0 Å². The molecule has 1 saturated heterocycles. The molecule has 2 aliphatic heterocycles. The van der Waals surface area contributed by atoms with Gasteiger partial charge in [-0.3, -0.25) is 4.79 Å². The summed E-state index contributed by atoms with van der Waals surface area (Å²) < 4.78 is 79.0. The molecule has 0 atom stereocenters. The number of alkyl halides is 3. The molecule has 18 heteroatoms. The number of benzene rings is 2. The van der Waals surface area contributed by atoms with Gasteiger partial charge in [-0.1, -0.05) is 123 Å². The standard InChI is InChI=1S/C19H29NO3Si.C13H15NO3.C7H15F3O3SSi.C6H15N/c1-19(2,3)24(4,5)23-17-11-13-20(14-12-17)18(21)22-15-16-9-7-6-8-10-16;15-12-6-8-14(9-7-12)13(16)17-10-11-4-2-1-3-5-11;1-6(2,3)15(4,5)13-14(11,12)7(8,9)10;1-4-7(5-2)6-3/h6-11H,12-15H2,1-5H3;1-5H,6-10H2;1-5H3;4-6H2,1-3H3. The van der Waals surface area contributed by atoms with Crippen LogP contribution in [0.5, 0.6) is 0 Å². The van der Waals surface area contributed by atoms with Gasteiger partial charge in [-0.05, 0) is 73.1 Å². The van der Waals surface area contributed by atoms with Crippen LogP contribution >= 0.6 is 0 Å². The van der Waals surface area contributed by atoms with Gasteiger partial charge < -0.3 is 32.5 Å². The van der Waals surface area contributed by atoms with E-state index >= 15 is 0 Å². The van der Waals surface area contributed by atoms with Gasteiger partial charge >= 0.3 is 27.8 Å². The van der Waals surface area contributed by atoms with Crippen LogP contribution < -0.4 is 0 Å². The minimum absolute atomic E-state index is 0.180. The third kappa shape index (κ3) is 20.8. The van der Waals surface area contributed by atoms with Gasteiger partial charge in [0, 0.05) is 45.4 Å². The Kier molecular flexibility index (Phi) is 23.4. The average molecular weight is 946 g/mol. The smallest absolute Gasteiger partial charge is 0.522 e. The van der Waals surface area contributed by atoms with Gasteiger partial charge in [0.2, 0.25) is 16.6 Å². The van der Waals surface area contributed by atoms with Crippen molar-refractivity contribution in [3.8, 4) is 0 Å². The molecular weight excluding hydrogens is 872 g/mol. The van der Waals surface area contributed by atoms with Crippen LogP contribution in [0.1, 0.15) is 92.7 Å². The van der Waals surface area contributed by atoms with Crippen LogP contribution in [0.2, 0.25) is 36.3 Å². The van der Waals surface area contributed by atoms with Crippen LogP contribution in [-0.4, -0.2) is 109 Å². The number of rotatable bonds is 11. The second-order valence-corrected chi connectivity index (χ2v) is 29.5. The third-order valence-corrected chi connectivity index (χ3v) is 22.5. The van der Waals surface area contributed by atoms with E-state index in [1.807, 2.05) is 66.7 Å². The number of Topliss-reactive ketones (excluding diaryl/α,β-unsaturated/α-hetero) is 1. The molecule has 0 unspecified atom stereocenters. The van der Waals surface area contributed by atoms with Crippen LogP contribution in [-0.2, 0) is 45.9 Å². The molecule has 0 spiro atoms. The molecule has 0 radical (unpaired) electrons. The van der Waals surface area contributed by atoms with E-state index in [1.165, 1.54) is 32.7 Å². The summed E-state index contributed by atoms with van der Waals surface area (Å²) in [7, 11) is -10.2. The average Bonchev–Trinajstić information content (AvgIpc) is 3.20. The number of amides is 2. The number of carbonyl (C=O) groups is 3. The first-order valence-corrected chi connectivity index (χ1v) is 28.8. The Balaban J connectivity index is 0.000000451. The zero-order valence-electron chi connectivity index (χ0n) is 39.9. The monoisotopic (exact) mass is 945 g/mol. The number of hydrogen-bond donors (Lipinski definition) is 0. The van der Waals surface area contributed by atoms with E-state index in [4.69, 9.17) is 13.9 Å². The molecule has 63 heavy (non-hydrogen) atoms. The highest BCUT2D eigenvalue weighted by molar-refractivity contribution is 7.88. The molecule has 2 aliphatic rings. The minimum Gasteiger partial charge on any atom is -0.547 e. The molecule has 2 amide bonds. The Morgan fingerprint density at radius 2 is 1.06 bits per heavy atom. The summed E-state index contributed by atoms with van der Waals surface area (Å²) in [4.78, 5) is 40.6. The highest BCUT2D eigenvalue weighted by atomic mass is 32.2. The lowest BCUT2D eigenvalue weighted by molar-refractivity contribution is -0.121. The summed E-state index contributed by atoms with van der Waals surface area (Å²) in [5.41, 5.74) is -3.38. The third-order valence-electron chi connectivity index (χ3n) is 11.4. The van der Waals surface area contributed by atoms with Crippen LogP contribution in [0, 0.1) is 0 Å². The van der Waals surface area contributed by atoms with Gasteiger partial charge in [0.05, 0.1) is 5.76 Å². The van der Waals surface area contributed by atoms with E-state index in [9.17, 15) is 36.0 Å². The fourth-order valence-electron chi connectivity index (χ4n) is 5.07. The lowest BCUT2D eigenvalue weighted by atomic mass is 10.1. The molecule has 358 valence electrons. The second kappa shape index (κ2) is 25.7. The number of nitrogens with zero attached hydrogens (tertiary/aromatic N) is 3. The topological polar surface area (TPSA) is 132 Å². The van der Waals surface area contributed by atoms with Crippen molar-refractivity contribution in [1.29, 1.82) is 0 Å². The van der Waals surface area contributed by atoms with E-state index in [1.54, 1.807) is 30.6 Å². The molecule has 2 heterocycles. The molecule has 4 rings (SSSR count). The Hall–Kier alpha value is -3.72. The predicted molar refractivity (Wildman–Crippen MR) is 248 cm³/mol. The number of ketones is 1. The molecule has 0 N–H and O–H groups in total. The maximum absolute atomic E-state index is 12.2. The normalized spacial score (nSPS) is 15.1. The highest BCUT2D eigenvalue weighted by Crippen LogP contribution is 2.40. The van der Waals surface area contributed by atoms with Crippen LogP contribution in [0.15, 0.2) is 72.5 Å². The summed E-state index contributed by atoms with van der Waals surface area (Å²) >= 11 is 0. The quantitative estimate of drug-likeness (QED) is 0.158. The van der Waals surface area contributed by atoms with Gasteiger partial charge in [0.15, 0.2) is 0 Å². The Morgan fingerprint density at radius 1 is 0.667 bits per heavy atom. The van der Waals surface area contributed by atoms with Crippen LogP contribution in [0.3, 0.4) is 0 Å².